The third kappa shape index (κ3) is 3.05. The monoisotopic (exact) mass is 271 g/mol. The largest absolute Gasteiger partial charge is 0.507 e. The Kier molecular flexibility index (Phi) is 4.18. The highest BCUT2D eigenvalue weighted by molar-refractivity contribution is 5.58. The summed E-state index contributed by atoms with van der Waals surface area (Å²) in [7, 11) is 1.68. The number of rotatable bonds is 4. The van der Waals surface area contributed by atoms with Gasteiger partial charge in [-0.1, -0.05) is 18.2 Å². The molecule has 0 saturated carbocycles. The molecule has 0 unspecified atom stereocenters. The van der Waals surface area contributed by atoms with Gasteiger partial charge in [-0.2, -0.15) is 0 Å². The van der Waals surface area contributed by atoms with Gasteiger partial charge < -0.3 is 15.2 Å². The molecular weight excluding hydrogens is 250 g/mol. The highest BCUT2D eigenvalue weighted by atomic mass is 16.5. The minimum absolute atomic E-state index is 0.377. The van der Waals surface area contributed by atoms with Gasteiger partial charge in [0.05, 0.1) is 12.8 Å². The number of phenolic OH excluding ortho intramolecular Hbond substituents is 1. The van der Waals surface area contributed by atoms with Gasteiger partial charge in [-0.3, -0.25) is 0 Å². The second-order valence-corrected chi connectivity index (χ2v) is 5.14. The van der Waals surface area contributed by atoms with Crippen molar-refractivity contribution < 1.29 is 9.84 Å². The quantitative estimate of drug-likeness (QED) is 0.885. The van der Waals surface area contributed by atoms with E-state index in [0.717, 1.165) is 28.1 Å². The van der Waals surface area contributed by atoms with Crippen molar-refractivity contribution in [2.75, 3.05) is 12.4 Å². The number of anilines is 1. The maximum Gasteiger partial charge on any atom is 0.142 e. The Hall–Kier alpha value is -2.16. The molecule has 0 spiro atoms. The van der Waals surface area contributed by atoms with Crippen LogP contribution in [0.1, 0.15) is 22.3 Å². The Bertz CT molecular complexity index is 597. The molecule has 0 amide bonds. The number of aryl methyl sites for hydroxylation is 3. The van der Waals surface area contributed by atoms with Gasteiger partial charge in [0.1, 0.15) is 11.5 Å². The average Bonchev–Trinajstić information content (AvgIpc) is 2.43. The number of ether oxygens (including phenoxy) is 1. The lowest BCUT2D eigenvalue weighted by atomic mass is 10.1. The fraction of sp³-hybridized carbons (Fsp3) is 0.294. The molecular formula is C17H21NO2. The summed E-state index contributed by atoms with van der Waals surface area (Å²) in [6, 6.07) is 10.1. The van der Waals surface area contributed by atoms with Crippen LogP contribution >= 0.6 is 0 Å². The highest BCUT2D eigenvalue weighted by Crippen LogP contribution is 2.27. The topological polar surface area (TPSA) is 41.5 Å². The molecule has 0 radical (unpaired) electrons. The Labute approximate surface area is 120 Å². The van der Waals surface area contributed by atoms with Crippen LogP contribution in [0.2, 0.25) is 0 Å². The van der Waals surface area contributed by atoms with Gasteiger partial charge in [0.2, 0.25) is 0 Å². The van der Waals surface area contributed by atoms with Crippen LogP contribution in [-0.4, -0.2) is 12.2 Å². The molecule has 2 aromatic rings. The van der Waals surface area contributed by atoms with Crippen molar-refractivity contribution in [3.05, 3.63) is 52.6 Å². The summed E-state index contributed by atoms with van der Waals surface area (Å²) in [6.45, 7) is 6.57. The summed E-state index contributed by atoms with van der Waals surface area (Å²) in [5, 5.41) is 13.2. The SMILES string of the molecule is COc1cc(C)ccc1NCc1cc(C)c(O)c(C)c1. The van der Waals surface area contributed by atoms with Gasteiger partial charge in [-0.25, -0.2) is 0 Å². The van der Waals surface area contributed by atoms with Crippen LogP contribution in [0, 0.1) is 20.8 Å². The van der Waals surface area contributed by atoms with E-state index < -0.39 is 0 Å². The number of phenols is 1. The Morgan fingerprint density at radius 2 is 1.70 bits per heavy atom. The van der Waals surface area contributed by atoms with Crippen LogP contribution in [0.3, 0.4) is 0 Å². The predicted molar refractivity (Wildman–Crippen MR) is 82.6 cm³/mol. The molecule has 0 aliphatic rings. The van der Waals surface area contributed by atoms with Gasteiger partial charge in [0.15, 0.2) is 0 Å². The molecule has 106 valence electrons. The Balaban J connectivity index is 2.17. The summed E-state index contributed by atoms with van der Waals surface area (Å²) in [5.41, 5.74) is 5.08. The van der Waals surface area contributed by atoms with E-state index in [4.69, 9.17) is 4.74 Å². The van der Waals surface area contributed by atoms with E-state index in [-0.39, 0.29) is 0 Å². The number of nitrogens with one attached hydrogen (secondary N) is 1. The van der Waals surface area contributed by atoms with E-state index in [0.29, 0.717) is 12.3 Å². The van der Waals surface area contributed by atoms with Crippen LogP contribution in [0.4, 0.5) is 5.69 Å². The molecule has 0 bridgehead atoms. The number of aromatic hydroxyl groups is 1. The third-order valence-electron chi connectivity index (χ3n) is 3.39. The first-order valence-corrected chi connectivity index (χ1v) is 6.69. The molecule has 0 heterocycles. The van der Waals surface area contributed by atoms with E-state index >= 15 is 0 Å². The van der Waals surface area contributed by atoms with Crippen LogP contribution < -0.4 is 10.1 Å². The molecule has 3 nitrogen and oxygen atoms in total. The van der Waals surface area contributed by atoms with Gasteiger partial charge in [0, 0.05) is 6.54 Å². The molecule has 3 heteroatoms. The first-order chi connectivity index (χ1) is 9.51. The van der Waals surface area contributed by atoms with Crippen LogP contribution in [0.15, 0.2) is 30.3 Å². The summed E-state index contributed by atoms with van der Waals surface area (Å²) >= 11 is 0. The predicted octanol–water partition coefficient (Wildman–Crippen LogP) is 3.94. The van der Waals surface area contributed by atoms with Gasteiger partial charge in [-0.15, -0.1) is 0 Å². The van der Waals surface area contributed by atoms with E-state index in [1.807, 2.05) is 45.0 Å². The standard InChI is InChI=1S/C17H21NO2/c1-11-5-6-15(16(7-11)20-4)18-10-14-8-12(2)17(19)13(3)9-14/h5-9,18-19H,10H2,1-4H3. The van der Waals surface area contributed by atoms with Crippen molar-refractivity contribution in [3.63, 3.8) is 0 Å². The van der Waals surface area contributed by atoms with Crippen molar-refractivity contribution in [2.24, 2.45) is 0 Å². The molecule has 0 aliphatic carbocycles. The third-order valence-corrected chi connectivity index (χ3v) is 3.39. The summed E-state index contributed by atoms with van der Waals surface area (Å²) < 4.78 is 5.38. The minimum Gasteiger partial charge on any atom is -0.507 e. The second-order valence-electron chi connectivity index (χ2n) is 5.14. The van der Waals surface area contributed by atoms with Crippen molar-refractivity contribution in [3.8, 4) is 11.5 Å². The zero-order valence-corrected chi connectivity index (χ0v) is 12.4. The molecule has 0 atom stereocenters. The van der Waals surface area contributed by atoms with Crippen LogP contribution in [0.5, 0.6) is 11.5 Å². The van der Waals surface area contributed by atoms with Crippen LogP contribution in [0.25, 0.3) is 0 Å². The first-order valence-electron chi connectivity index (χ1n) is 6.69. The number of hydrogen-bond donors (Lipinski definition) is 2. The fourth-order valence-corrected chi connectivity index (χ4v) is 2.29. The summed E-state index contributed by atoms with van der Waals surface area (Å²) in [6.07, 6.45) is 0. The Morgan fingerprint density at radius 1 is 1.05 bits per heavy atom. The van der Waals surface area contributed by atoms with Crippen molar-refractivity contribution in [1.82, 2.24) is 0 Å². The van der Waals surface area contributed by atoms with Crippen molar-refractivity contribution in [1.29, 1.82) is 0 Å². The first kappa shape index (κ1) is 14.3. The van der Waals surface area contributed by atoms with E-state index in [1.165, 1.54) is 5.56 Å². The normalized spacial score (nSPS) is 10.4. The zero-order chi connectivity index (χ0) is 14.7. The van der Waals surface area contributed by atoms with Gasteiger partial charge >= 0.3 is 0 Å². The molecule has 2 rings (SSSR count). The lowest BCUT2D eigenvalue weighted by Crippen LogP contribution is -2.02. The molecule has 2 N–H and O–H groups in total. The van der Waals surface area contributed by atoms with E-state index in [2.05, 4.69) is 11.4 Å². The molecule has 0 aliphatic heterocycles. The lowest BCUT2D eigenvalue weighted by Gasteiger charge is -2.13. The number of hydrogen-bond acceptors (Lipinski definition) is 3. The van der Waals surface area contributed by atoms with Gasteiger partial charge in [0.25, 0.3) is 0 Å². The lowest BCUT2D eigenvalue weighted by molar-refractivity contribution is 0.416. The summed E-state index contributed by atoms with van der Waals surface area (Å²) in [4.78, 5) is 0. The fourth-order valence-electron chi connectivity index (χ4n) is 2.29. The molecule has 20 heavy (non-hydrogen) atoms. The number of methoxy groups -OCH3 is 1. The molecule has 2 aromatic carbocycles. The van der Waals surface area contributed by atoms with Crippen molar-refractivity contribution in [2.45, 2.75) is 27.3 Å². The maximum absolute atomic E-state index is 9.79. The molecule has 0 saturated heterocycles. The maximum atomic E-state index is 9.79. The van der Waals surface area contributed by atoms with E-state index in [9.17, 15) is 5.11 Å². The van der Waals surface area contributed by atoms with Gasteiger partial charge in [-0.05, 0) is 55.2 Å². The number of benzene rings is 2. The Morgan fingerprint density at radius 3 is 2.30 bits per heavy atom. The molecule has 0 aromatic heterocycles. The smallest absolute Gasteiger partial charge is 0.142 e. The summed E-state index contributed by atoms with van der Waals surface area (Å²) in [5.74, 6) is 1.22. The minimum atomic E-state index is 0.377. The average molecular weight is 271 g/mol. The highest BCUT2D eigenvalue weighted by Gasteiger charge is 2.06. The molecule has 0 fully saturated rings. The second kappa shape index (κ2) is 5.87. The van der Waals surface area contributed by atoms with Crippen LogP contribution in [-0.2, 0) is 6.54 Å². The zero-order valence-electron chi connectivity index (χ0n) is 12.4. The van der Waals surface area contributed by atoms with E-state index in [1.54, 1.807) is 7.11 Å². The van der Waals surface area contributed by atoms with Crippen molar-refractivity contribution >= 4 is 5.69 Å².